The lowest BCUT2D eigenvalue weighted by molar-refractivity contribution is 0.0697. The predicted octanol–water partition coefficient (Wildman–Crippen LogP) is 4.14. The zero-order chi connectivity index (χ0) is 21.6. The van der Waals surface area contributed by atoms with E-state index in [1.165, 1.54) is 6.07 Å². The minimum absolute atomic E-state index is 0.153. The van der Waals surface area contributed by atoms with Crippen LogP contribution in [0.2, 0.25) is 0 Å². The number of carboxylic acids is 1. The first-order valence-corrected chi connectivity index (χ1v) is 9.48. The second kappa shape index (κ2) is 7.30. The lowest BCUT2D eigenvalue weighted by Crippen LogP contribution is -2.25. The monoisotopic (exact) mass is 405 g/mol. The normalized spacial score (nSPS) is 11.1. The van der Waals surface area contributed by atoms with Crippen molar-refractivity contribution in [2.45, 2.75) is 0 Å². The molecular weight excluding hydrogens is 383 g/mol. The Morgan fingerprint density at radius 1 is 1.03 bits per heavy atom. The predicted molar refractivity (Wildman–Crippen MR) is 117 cm³/mol. The number of rotatable bonds is 3. The number of carboxylic acid groups (broad SMARTS) is 1. The first kappa shape index (κ1) is 19.6. The Balaban J connectivity index is 2.22. The summed E-state index contributed by atoms with van der Waals surface area (Å²) >= 11 is 0. The maximum Gasteiger partial charge on any atom is 0.336 e. The number of nitrogens with zero attached hydrogens (tertiary/aromatic N) is 2. The molecule has 1 heterocycles. The van der Waals surface area contributed by atoms with Gasteiger partial charge in [-0.15, -0.1) is 0 Å². The van der Waals surface area contributed by atoms with Gasteiger partial charge in [0.05, 0.1) is 11.6 Å². The van der Waals surface area contributed by atoms with Crippen molar-refractivity contribution >= 4 is 22.6 Å². The van der Waals surface area contributed by atoms with Crippen molar-refractivity contribution in [3.05, 3.63) is 71.3 Å². The van der Waals surface area contributed by atoms with Crippen LogP contribution >= 0.6 is 0 Å². The van der Waals surface area contributed by atoms with E-state index in [2.05, 4.69) is 0 Å². The van der Waals surface area contributed by atoms with Crippen LogP contribution in [0.4, 0.5) is 10.1 Å². The maximum absolute atomic E-state index is 14.9. The van der Waals surface area contributed by atoms with Crippen LogP contribution in [-0.2, 0) is 0 Å². The molecule has 2 aromatic rings. The Bertz CT molecular complexity index is 1330. The van der Waals surface area contributed by atoms with E-state index < -0.39 is 11.8 Å². The van der Waals surface area contributed by atoms with E-state index in [9.17, 15) is 14.3 Å². The molecule has 4 rings (SSSR count). The number of benzene rings is 3. The van der Waals surface area contributed by atoms with Gasteiger partial charge >= 0.3 is 5.97 Å². The van der Waals surface area contributed by atoms with E-state index in [1.54, 1.807) is 49.0 Å². The third-order valence-electron chi connectivity index (χ3n) is 5.20. The van der Waals surface area contributed by atoms with Gasteiger partial charge in [0.15, 0.2) is 5.82 Å². The molecule has 30 heavy (non-hydrogen) atoms. The first-order valence-electron chi connectivity index (χ1n) is 9.48. The van der Waals surface area contributed by atoms with Crippen LogP contribution in [0, 0.1) is 5.82 Å². The molecule has 6 heteroatoms. The van der Waals surface area contributed by atoms with Crippen LogP contribution in [0.1, 0.15) is 10.4 Å². The highest BCUT2D eigenvalue weighted by atomic mass is 19.1. The van der Waals surface area contributed by atoms with E-state index in [-0.39, 0.29) is 5.56 Å². The van der Waals surface area contributed by atoms with E-state index in [0.717, 1.165) is 11.1 Å². The first-order chi connectivity index (χ1) is 14.3. The summed E-state index contributed by atoms with van der Waals surface area (Å²) < 4.78 is 22.7. The topological polar surface area (TPSA) is 56.7 Å². The summed E-state index contributed by atoms with van der Waals surface area (Å²) in [5.74, 6) is -0.956. The van der Waals surface area contributed by atoms with Crippen LogP contribution in [0.5, 0.6) is 0 Å². The molecule has 0 fully saturated rings. The molecule has 1 aliphatic heterocycles. The summed E-state index contributed by atoms with van der Waals surface area (Å²) in [4.78, 5) is 13.9. The van der Waals surface area contributed by atoms with Gasteiger partial charge in [0.1, 0.15) is 25.4 Å². The summed E-state index contributed by atoms with van der Waals surface area (Å²) in [6.07, 6.45) is 0. The third-order valence-corrected chi connectivity index (χ3v) is 5.20. The quantitative estimate of drug-likeness (QED) is 0.411. The third kappa shape index (κ3) is 3.20. The van der Waals surface area contributed by atoms with Crippen molar-refractivity contribution in [1.82, 2.24) is 4.58 Å². The molecule has 0 unspecified atom stereocenters. The molecule has 1 N–H and O–H groups in total. The largest absolute Gasteiger partial charge is 0.478 e. The van der Waals surface area contributed by atoms with Gasteiger partial charge in [0.2, 0.25) is 5.36 Å². The number of anilines is 1. The van der Waals surface area contributed by atoms with Crippen LogP contribution < -0.4 is 14.8 Å². The molecule has 0 atom stereocenters. The summed E-state index contributed by atoms with van der Waals surface area (Å²) in [5, 5.41) is 10.9. The van der Waals surface area contributed by atoms with Gasteiger partial charge in [-0.2, -0.15) is 4.39 Å². The fourth-order valence-corrected chi connectivity index (χ4v) is 3.69. The Morgan fingerprint density at radius 3 is 2.43 bits per heavy atom. The minimum atomic E-state index is -1.04. The van der Waals surface area contributed by atoms with Gasteiger partial charge in [-0.05, 0) is 29.8 Å². The second-order valence-corrected chi connectivity index (χ2v) is 7.60. The zero-order valence-corrected chi connectivity index (χ0v) is 17.2. The molecule has 152 valence electrons. The van der Waals surface area contributed by atoms with E-state index >= 15 is 0 Å². The smallest absolute Gasteiger partial charge is 0.336 e. The number of hydrogen-bond donors (Lipinski definition) is 1. The number of carbonyl (C=O) groups is 1. The van der Waals surface area contributed by atoms with Crippen LogP contribution in [0.25, 0.3) is 33.4 Å². The Kier molecular flexibility index (Phi) is 4.78. The molecule has 0 radical (unpaired) electrons. The molecule has 2 aliphatic rings. The molecule has 0 amide bonds. The van der Waals surface area contributed by atoms with E-state index in [0.29, 0.717) is 33.4 Å². The highest BCUT2D eigenvalue weighted by Crippen LogP contribution is 2.42. The van der Waals surface area contributed by atoms with Crippen molar-refractivity contribution < 1.29 is 18.7 Å². The van der Waals surface area contributed by atoms with Gasteiger partial charge in [0.25, 0.3) is 0 Å². The van der Waals surface area contributed by atoms with Crippen LogP contribution in [0.15, 0.2) is 59.0 Å². The minimum Gasteiger partial charge on any atom is -0.478 e. The summed E-state index contributed by atoms with van der Waals surface area (Å²) in [5.41, 5.74) is 3.37. The maximum atomic E-state index is 14.9. The van der Waals surface area contributed by atoms with Crippen LogP contribution in [-0.4, -0.2) is 39.3 Å². The van der Waals surface area contributed by atoms with Crippen molar-refractivity contribution in [3.8, 4) is 22.5 Å². The van der Waals surface area contributed by atoms with Crippen molar-refractivity contribution in [2.75, 3.05) is 33.1 Å². The highest BCUT2D eigenvalue weighted by molar-refractivity contribution is 6.07. The molecule has 5 nitrogen and oxygen atoms in total. The molecule has 0 saturated carbocycles. The molecule has 0 bridgehead atoms. The number of aromatic carboxylic acids is 1. The number of fused-ring (bicyclic) bond motifs is 2. The summed E-state index contributed by atoms with van der Waals surface area (Å²) in [7, 11) is 7.39. The standard InChI is InChI=1S/C24H21FN2O3/c1-26(2)14-9-10-17-21(11-14)30-22-13-20(27(3)4)19(25)12-18(22)23(17)15-7-5-6-8-16(15)24(28)29/h5-13H,1-4H3/p+1. The lowest BCUT2D eigenvalue weighted by atomic mass is 9.90. The van der Waals surface area contributed by atoms with Crippen molar-refractivity contribution in [3.63, 3.8) is 0 Å². The van der Waals surface area contributed by atoms with E-state index in [1.807, 2.05) is 37.2 Å². The van der Waals surface area contributed by atoms with Gasteiger partial charge in [-0.1, -0.05) is 18.2 Å². The summed E-state index contributed by atoms with van der Waals surface area (Å²) in [6.45, 7) is 0. The number of hydrogen-bond acceptors (Lipinski definition) is 3. The van der Waals surface area contributed by atoms with Crippen LogP contribution in [0.3, 0.4) is 0 Å². The Hall–Kier alpha value is -3.67. The van der Waals surface area contributed by atoms with Gasteiger partial charge in [-0.3, -0.25) is 0 Å². The lowest BCUT2D eigenvalue weighted by Gasteiger charge is -2.18. The van der Waals surface area contributed by atoms with Crippen molar-refractivity contribution in [2.24, 2.45) is 0 Å². The number of halogens is 1. The second-order valence-electron chi connectivity index (χ2n) is 7.60. The highest BCUT2D eigenvalue weighted by Gasteiger charge is 2.23. The fourth-order valence-electron chi connectivity index (χ4n) is 3.69. The van der Waals surface area contributed by atoms with Gasteiger partial charge in [-0.25, -0.2) is 9.37 Å². The molecule has 0 saturated heterocycles. The average Bonchev–Trinajstić information content (AvgIpc) is 2.71. The fraction of sp³-hybridized carbons (Fsp3) is 0.167. The molecule has 1 aliphatic carbocycles. The van der Waals surface area contributed by atoms with Crippen molar-refractivity contribution in [1.29, 1.82) is 0 Å². The Morgan fingerprint density at radius 2 is 1.77 bits per heavy atom. The van der Waals surface area contributed by atoms with Gasteiger partial charge in [0, 0.05) is 42.4 Å². The van der Waals surface area contributed by atoms with Gasteiger partial charge < -0.3 is 14.4 Å². The average molecular weight is 405 g/mol. The molecular formula is C24H22FN2O3+. The molecule has 2 aromatic carbocycles. The van der Waals surface area contributed by atoms with E-state index in [4.69, 9.17) is 4.42 Å². The summed E-state index contributed by atoms with van der Waals surface area (Å²) in [6, 6.07) is 15.6. The molecule has 0 aromatic heterocycles. The SMILES string of the molecule is CN(C)c1ccc2c(-c3ccccc3C(=O)O)c3cc(F)c(=[N+](C)C)cc-3oc2c1. The Labute approximate surface area is 173 Å². The zero-order valence-electron chi connectivity index (χ0n) is 17.2. The molecule has 0 spiro atoms.